The van der Waals surface area contributed by atoms with Crippen molar-refractivity contribution in [1.29, 1.82) is 0 Å². The Bertz CT molecular complexity index is 755. The Balaban J connectivity index is 0.00000364. The number of aliphatic hydroxyl groups is 3. The van der Waals surface area contributed by atoms with Gasteiger partial charge in [0.1, 0.15) is 30.5 Å². The van der Waals surface area contributed by atoms with Crippen LogP contribution in [0.15, 0.2) is 36.9 Å². The summed E-state index contributed by atoms with van der Waals surface area (Å²) >= 11 is 0. The van der Waals surface area contributed by atoms with Crippen molar-refractivity contribution in [3.05, 3.63) is 42.5 Å². The fourth-order valence-electron chi connectivity index (χ4n) is 2.46. The monoisotopic (exact) mass is 411 g/mol. The number of benzene rings is 1. The number of ether oxygens (including phenoxy) is 1. The van der Waals surface area contributed by atoms with Gasteiger partial charge in [-0.2, -0.15) is 0 Å². The van der Waals surface area contributed by atoms with Gasteiger partial charge in [0.25, 0.3) is 0 Å². The third kappa shape index (κ3) is 6.61. The van der Waals surface area contributed by atoms with Gasteiger partial charge in [-0.25, -0.2) is 8.42 Å². The van der Waals surface area contributed by atoms with Crippen LogP contribution in [0.5, 0.6) is 0 Å². The van der Waals surface area contributed by atoms with Crippen molar-refractivity contribution in [3.8, 4) is 0 Å². The van der Waals surface area contributed by atoms with E-state index in [1.807, 2.05) is 0 Å². The predicted molar refractivity (Wildman–Crippen MR) is 86.6 cm³/mol. The molecule has 0 aliphatic carbocycles. The van der Waals surface area contributed by atoms with E-state index in [1.54, 1.807) is 0 Å². The van der Waals surface area contributed by atoms with E-state index in [-0.39, 0.29) is 29.6 Å². The molecule has 10 nitrogen and oxygen atoms in total. The van der Waals surface area contributed by atoms with Crippen LogP contribution in [-0.2, 0) is 24.1 Å². The maximum Gasteiger partial charge on any atom is 1.00 e. The summed E-state index contributed by atoms with van der Waals surface area (Å²) < 4.78 is 41.2. The number of anilines is 1. The Hall–Kier alpha value is -0.860. The van der Waals surface area contributed by atoms with Gasteiger partial charge in [0, 0.05) is 5.69 Å². The van der Waals surface area contributed by atoms with Gasteiger partial charge >= 0.3 is 29.6 Å². The summed E-state index contributed by atoms with van der Waals surface area (Å²) in [6.45, 7) is 2.50. The zero-order valence-electron chi connectivity index (χ0n) is 14.4. The Morgan fingerprint density at radius 3 is 2.33 bits per heavy atom. The van der Waals surface area contributed by atoms with E-state index in [1.165, 1.54) is 24.3 Å². The smallest absolute Gasteiger partial charge is 0.726 e. The molecule has 144 valence electrons. The van der Waals surface area contributed by atoms with Gasteiger partial charge in [-0.1, -0.05) is 18.7 Å². The summed E-state index contributed by atoms with van der Waals surface area (Å²) in [5, 5.41) is 32.5. The second-order valence-corrected chi connectivity index (χ2v) is 6.63. The minimum atomic E-state index is -5.01. The molecule has 0 bridgehead atoms. The van der Waals surface area contributed by atoms with Crippen molar-refractivity contribution in [3.63, 3.8) is 0 Å². The minimum Gasteiger partial charge on any atom is -0.726 e. The molecular weight excluding hydrogens is 393 g/mol. The third-order valence-corrected chi connectivity index (χ3v) is 4.21. The molecule has 0 saturated carbocycles. The number of amides is 1. The van der Waals surface area contributed by atoms with Crippen molar-refractivity contribution in [2.75, 3.05) is 11.9 Å². The number of rotatable bonds is 6. The van der Waals surface area contributed by atoms with Crippen molar-refractivity contribution in [2.45, 2.75) is 30.5 Å². The maximum absolute atomic E-state index is 11.3. The van der Waals surface area contributed by atoms with Crippen LogP contribution < -0.4 is 34.9 Å². The SMILES string of the molecule is C=CC(=O)Nc1ccc([C@@H]2O[C@H](COS(=O)(=O)[O-])[C@H](O)[C@H](O)[C@H]2O)cc1.[Na+]. The van der Waals surface area contributed by atoms with Gasteiger partial charge in [-0.05, 0) is 23.8 Å². The molecule has 27 heavy (non-hydrogen) atoms. The molecule has 0 aromatic heterocycles. The molecule has 5 atom stereocenters. The van der Waals surface area contributed by atoms with E-state index in [2.05, 4.69) is 16.1 Å². The van der Waals surface area contributed by atoms with Crippen molar-refractivity contribution in [2.24, 2.45) is 0 Å². The molecule has 12 heteroatoms. The van der Waals surface area contributed by atoms with Crippen LogP contribution in [0, 0.1) is 0 Å². The number of aliphatic hydroxyl groups excluding tert-OH is 3. The second kappa shape index (κ2) is 10.1. The summed E-state index contributed by atoms with van der Waals surface area (Å²) in [7, 11) is -5.01. The first-order chi connectivity index (χ1) is 12.1. The van der Waals surface area contributed by atoms with Crippen LogP contribution in [0.2, 0.25) is 0 Å². The van der Waals surface area contributed by atoms with Gasteiger partial charge in [0.05, 0.1) is 6.61 Å². The largest absolute Gasteiger partial charge is 1.00 e. The Morgan fingerprint density at radius 1 is 1.22 bits per heavy atom. The van der Waals surface area contributed by atoms with Crippen LogP contribution in [0.4, 0.5) is 5.69 Å². The first kappa shape index (κ1) is 24.2. The van der Waals surface area contributed by atoms with Gasteiger partial charge < -0.3 is 29.9 Å². The van der Waals surface area contributed by atoms with Crippen LogP contribution in [0.25, 0.3) is 0 Å². The van der Waals surface area contributed by atoms with Crippen LogP contribution in [0.3, 0.4) is 0 Å². The molecule has 1 aliphatic heterocycles. The molecule has 1 fully saturated rings. The maximum atomic E-state index is 11.3. The molecule has 1 aromatic rings. The molecule has 0 unspecified atom stereocenters. The molecule has 0 radical (unpaired) electrons. The number of carbonyl (C=O) groups is 1. The molecule has 1 aliphatic rings. The predicted octanol–water partition coefficient (Wildman–Crippen LogP) is -4.19. The molecular formula is C15H18NNaO9S. The number of carbonyl (C=O) groups excluding carboxylic acids is 1. The van der Waals surface area contributed by atoms with Crippen LogP contribution >= 0.6 is 0 Å². The van der Waals surface area contributed by atoms with E-state index in [0.717, 1.165) is 6.08 Å². The first-order valence-electron chi connectivity index (χ1n) is 7.45. The van der Waals surface area contributed by atoms with E-state index in [0.29, 0.717) is 11.3 Å². The van der Waals surface area contributed by atoms with Gasteiger partial charge in [0.15, 0.2) is 0 Å². The zero-order chi connectivity index (χ0) is 19.5. The summed E-state index contributed by atoms with van der Waals surface area (Å²) in [6, 6.07) is 6.02. The van der Waals surface area contributed by atoms with Gasteiger partial charge in [0.2, 0.25) is 16.3 Å². The minimum absolute atomic E-state index is 0. The average Bonchev–Trinajstić information content (AvgIpc) is 2.59. The van der Waals surface area contributed by atoms with Crippen molar-refractivity contribution < 1.29 is 71.6 Å². The fourth-order valence-corrected chi connectivity index (χ4v) is 2.76. The number of nitrogens with one attached hydrogen (secondary N) is 1. The molecule has 0 spiro atoms. The third-order valence-electron chi connectivity index (χ3n) is 3.78. The van der Waals surface area contributed by atoms with Crippen LogP contribution in [0.1, 0.15) is 11.7 Å². The van der Waals surface area contributed by atoms with E-state index in [4.69, 9.17) is 4.74 Å². The summed E-state index contributed by atoms with van der Waals surface area (Å²) in [4.78, 5) is 11.3. The normalized spacial score (nSPS) is 28.1. The summed E-state index contributed by atoms with van der Waals surface area (Å²) in [6.07, 6.45) is -6.22. The zero-order valence-corrected chi connectivity index (χ0v) is 17.2. The number of hydrogen-bond acceptors (Lipinski definition) is 9. The summed E-state index contributed by atoms with van der Waals surface area (Å²) in [5.41, 5.74) is 0.830. The molecule has 2 rings (SSSR count). The van der Waals surface area contributed by atoms with Crippen molar-refractivity contribution in [1.82, 2.24) is 0 Å². The Kier molecular flexibility index (Phi) is 9.02. The van der Waals surface area contributed by atoms with E-state index >= 15 is 0 Å². The standard InChI is InChI=1S/C15H19NO9S.Na/c1-2-11(17)16-9-5-3-8(4-6-9)15-14(20)13(19)12(18)10(25-15)7-24-26(21,22)23;/h2-6,10,12-15,18-20H,1,7H2,(H,16,17)(H,21,22,23);/q;+1/p-1/t10-,12+,13+,14-,15+;/m1./s1. The second-order valence-electron chi connectivity index (χ2n) is 5.58. The quantitative estimate of drug-likeness (QED) is 0.157. The van der Waals surface area contributed by atoms with E-state index < -0.39 is 53.4 Å². The average molecular weight is 411 g/mol. The molecule has 1 aromatic carbocycles. The van der Waals surface area contributed by atoms with Crippen LogP contribution in [-0.4, -0.2) is 65.2 Å². The first-order valence-corrected chi connectivity index (χ1v) is 8.79. The van der Waals surface area contributed by atoms with E-state index in [9.17, 15) is 33.1 Å². The molecule has 1 heterocycles. The Labute approximate surface area is 178 Å². The fraction of sp³-hybridized carbons (Fsp3) is 0.400. The van der Waals surface area contributed by atoms with Gasteiger partial charge in [-0.3, -0.25) is 8.98 Å². The topological polar surface area (TPSA) is 165 Å². The van der Waals surface area contributed by atoms with Gasteiger partial charge in [-0.15, -0.1) is 0 Å². The molecule has 1 saturated heterocycles. The molecule has 4 N–H and O–H groups in total. The van der Waals surface area contributed by atoms with Crippen molar-refractivity contribution >= 4 is 22.0 Å². The Morgan fingerprint density at radius 2 is 1.81 bits per heavy atom. The molecule has 1 amide bonds. The number of hydrogen-bond donors (Lipinski definition) is 4. The summed E-state index contributed by atoms with van der Waals surface area (Å²) in [5.74, 6) is -0.415.